The maximum atomic E-state index is 13.1. The predicted octanol–water partition coefficient (Wildman–Crippen LogP) is 5.81. The first-order valence-corrected chi connectivity index (χ1v) is 10.7. The zero-order chi connectivity index (χ0) is 24.3. The molecule has 0 amide bonds. The topological polar surface area (TPSA) is 96.0 Å². The van der Waals surface area contributed by atoms with E-state index in [4.69, 9.17) is 4.74 Å². The molecule has 34 heavy (non-hydrogen) atoms. The number of alkyl halides is 3. The number of aromatic nitrogens is 4. The minimum Gasteiger partial charge on any atom is -0.494 e. The van der Waals surface area contributed by atoms with Gasteiger partial charge in [-0.3, -0.25) is 19.7 Å². The lowest BCUT2D eigenvalue weighted by atomic mass is 10.2. The van der Waals surface area contributed by atoms with Crippen molar-refractivity contribution in [1.29, 1.82) is 0 Å². The summed E-state index contributed by atoms with van der Waals surface area (Å²) < 4.78 is 46.4. The minimum atomic E-state index is -4.70. The summed E-state index contributed by atoms with van der Waals surface area (Å²) in [5, 5.41) is 20.2. The second-order valence-corrected chi connectivity index (χ2v) is 7.85. The Morgan fingerprint density at radius 2 is 1.76 bits per heavy atom. The van der Waals surface area contributed by atoms with Crippen molar-refractivity contribution in [1.82, 2.24) is 19.7 Å². The highest BCUT2D eigenvalue weighted by atomic mass is 32.2. The summed E-state index contributed by atoms with van der Waals surface area (Å²) in [4.78, 5) is 14.7. The van der Waals surface area contributed by atoms with Crippen LogP contribution < -0.4 is 4.74 Å². The third-order valence-corrected chi connectivity index (χ3v) is 5.67. The van der Waals surface area contributed by atoms with Crippen LogP contribution in [0.25, 0.3) is 17.1 Å². The van der Waals surface area contributed by atoms with Crippen LogP contribution in [0.2, 0.25) is 0 Å². The molecule has 0 radical (unpaired) electrons. The number of nitro groups is 1. The summed E-state index contributed by atoms with van der Waals surface area (Å²) >= 11 is 0.847. The second-order valence-electron chi connectivity index (χ2n) is 6.84. The van der Waals surface area contributed by atoms with Gasteiger partial charge in [0, 0.05) is 24.0 Å². The molecule has 0 spiro atoms. The van der Waals surface area contributed by atoms with Crippen LogP contribution in [0.5, 0.6) is 5.75 Å². The number of ether oxygens (including phenoxy) is 1. The molecule has 12 heteroatoms. The number of rotatable bonds is 7. The van der Waals surface area contributed by atoms with Gasteiger partial charge in [-0.1, -0.05) is 0 Å². The van der Waals surface area contributed by atoms with E-state index in [1.165, 1.54) is 0 Å². The first kappa shape index (κ1) is 23.2. The van der Waals surface area contributed by atoms with E-state index in [9.17, 15) is 23.3 Å². The van der Waals surface area contributed by atoms with Crippen LogP contribution >= 0.6 is 11.8 Å². The average Bonchev–Trinajstić information content (AvgIpc) is 3.23. The molecule has 0 unspecified atom stereocenters. The SMILES string of the molecule is CCOc1ccc(-n2c(Sc3ccc(C(F)(F)F)cc3[N+](=O)[O-])nnc2-c2ccncc2)cc1. The van der Waals surface area contributed by atoms with E-state index < -0.39 is 22.4 Å². The van der Waals surface area contributed by atoms with Crippen molar-refractivity contribution >= 4 is 17.4 Å². The van der Waals surface area contributed by atoms with E-state index in [-0.39, 0.29) is 10.1 Å². The summed E-state index contributed by atoms with van der Waals surface area (Å²) in [5.41, 5.74) is -0.456. The zero-order valence-electron chi connectivity index (χ0n) is 17.6. The third kappa shape index (κ3) is 4.86. The minimum absolute atomic E-state index is 0.00105. The van der Waals surface area contributed by atoms with Crippen molar-refractivity contribution in [2.24, 2.45) is 0 Å². The van der Waals surface area contributed by atoms with Crippen molar-refractivity contribution in [3.63, 3.8) is 0 Å². The van der Waals surface area contributed by atoms with Gasteiger partial charge in [0.2, 0.25) is 5.16 Å². The Bertz CT molecular complexity index is 1310. The average molecular weight is 487 g/mol. The van der Waals surface area contributed by atoms with Crippen LogP contribution in [0.4, 0.5) is 18.9 Å². The van der Waals surface area contributed by atoms with Gasteiger partial charge in [-0.05, 0) is 67.2 Å². The van der Waals surface area contributed by atoms with Gasteiger partial charge >= 0.3 is 6.18 Å². The van der Waals surface area contributed by atoms with Crippen LogP contribution in [-0.4, -0.2) is 31.3 Å². The molecule has 0 aliphatic rings. The number of hydrogen-bond donors (Lipinski definition) is 0. The molecule has 0 N–H and O–H groups in total. The highest BCUT2D eigenvalue weighted by molar-refractivity contribution is 7.99. The Labute approximate surface area is 195 Å². The molecule has 0 aliphatic carbocycles. The number of halogens is 3. The van der Waals surface area contributed by atoms with Gasteiger partial charge < -0.3 is 4.74 Å². The van der Waals surface area contributed by atoms with Crippen LogP contribution in [0.3, 0.4) is 0 Å². The molecular weight excluding hydrogens is 471 g/mol. The number of nitrogens with zero attached hydrogens (tertiary/aromatic N) is 5. The van der Waals surface area contributed by atoms with Gasteiger partial charge in [0.05, 0.1) is 27.7 Å². The van der Waals surface area contributed by atoms with Crippen molar-refractivity contribution in [3.05, 3.63) is 82.7 Å². The molecule has 2 aromatic heterocycles. The van der Waals surface area contributed by atoms with Gasteiger partial charge in [0.1, 0.15) is 5.75 Å². The maximum Gasteiger partial charge on any atom is 0.416 e. The molecule has 0 atom stereocenters. The third-order valence-electron chi connectivity index (χ3n) is 4.66. The lowest BCUT2D eigenvalue weighted by Gasteiger charge is -2.12. The lowest BCUT2D eigenvalue weighted by Crippen LogP contribution is -2.06. The van der Waals surface area contributed by atoms with E-state index in [0.717, 1.165) is 23.9 Å². The van der Waals surface area contributed by atoms with Crippen LogP contribution in [0, 0.1) is 10.1 Å². The molecule has 4 aromatic rings. The summed E-state index contributed by atoms with van der Waals surface area (Å²) in [7, 11) is 0. The predicted molar refractivity (Wildman–Crippen MR) is 118 cm³/mol. The maximum absolute atomic E-state index is 13.1. The summed E-state index contributed by atoms with van der Waals surface area (Å²) in [6, 6.07) is 12.9. The number of pyridine rings is 1. The van der Waals surface area contributed by atoms with Crippen molar-refractivity contribution < 1.29 is 22.8 Å². The second kappa shape index (κ2) is 9.51. The first-order chi connectivity index (χ1) is 16.3. The highest BCUT2D eigenvalue weighted by Gasteiger charge is 2.33. The molecule has 0 fully saturated rings. The smallest absolute Gasteiger partial charge is 0.416 e. The van der Waals surface area contributed by atoms with Gasteiger partial charge in [-0.2, -0.15) is 13.2 Å². The van der Waals surface area contributed by atoms with Gasteiger partial charge in [-0.25, -0.2) is 0 Å². The van der Waals surface area contributed by atoms with Gasteiger partial charge in [0.25, 0.3) is 5.69 Å². The summed E-state index contributed by atoms with van der Waals surface area (Å²) in [6.07, 6.45) is -1.54. The Morgan fingerprint density at radius 3 is 2.38 bits per heavy atom. The largest absolute Gasteiger partial charge is 0.494 e. The molecule has 0 bridgehead atoms. The fourth-order valence-electron chi connectivity index (χ4n) is 3.14. The van der Waals surface area contributed by atoms with Crippen LogP contribution in [0.1, 0.15) is 12.5 Å². The van der Waals surface area contributed by atoms with E-state index in [0.29, 0.717) is 35.5 Å². The molecule has 0 saturated carbocycles. The number of nitro benzene ring substituents is 1. The molecule has 0 saturated heterocycles. The molecule has 8 nitrogen and oxygen atoms in total. The van der Waals surface area contributed by atoms with Crippen LogP contribution in [-0.2, 0) is 6.18 Å². The van der Waals surface area contributed by atoms with Crippen molar-refractivity contribution in [2.75, 3.05) is 6.61 Å². The number of hydrogen-bond acceptors (Lipinski definition) is 7. The zero-order valence-corrected chi connectivity index (χ0v) is 18.4. The van der Waals surface area contributed by atoms with Gasteiger partial charge in [0.15, 0.2) is 5.82 Å². The Balaban J connectivity index is 1.82. The van der Waals surface area contributed by atoms with E-state index in [2.05, 4.69) is 15.2 Å². The molecular formula is C22H16F3N5O3S. The Hall–Kier alpha value is -3.93. The van der Waals surface area contributed by atoms with E-state index in [1.54, 1.807) is 53.4 Å². The van der Waals surface area contributed by atoms with Crippen molar-refractivity contribution in [2.45, 2.75) is 23.2 Å². The van der Waals surface area contributed by atoms with E-state index in [1.807, 2.05) is 6.92 Å². The van der Waals surface area contributed by atoms with Gasteiger partial charge in [-0.15, -0.1) is 10.2 Å². The Morgan fingerprint density at radius 1 is 1.06 bits per heavy atom. The van der Waals surface area contributed by atoms with Crippen LogP contribution in [0.15, 0.2) is 77.0 Å². The highest BCUT2D eigenvalue weighted by Crippen LogP contribution is 2.40. The standard InChI is InChI=1S/C22H16F3N5O3S/c1-2-33-17-6-4-16(5-7-17)29-20(14-9-11-26-12-10-14)27-28-21(29)34-19-8-3-15(22(23,24)25)13-18(19)30(31)32/h3-13H,2H2,1H3. The number of benzene rings is 2. The fourth-order valence-corrected chi connectivity index (χ4v) is 4.07. The quantitative estimate of drug-likeness (QED) is 0.240. The normalized spacial score (nSPS) is 11.4. The molecule has 2 heterocycles. The molecule has 174 valence electrons. The first-order valence-electron chi connectivity index (χ1n) is 9.90. The van der Waals surface area contributed by atoms with E-state index >= 15 is 0 Å². The molecule has 2 aromatic carbocycles. The molecule has 0 aliphatic heterocycles. The van der Waals surface area contributed by atoms with Crippen molar-refractivity contribution in [3.8, 4) is 22.8 Å². The fraction of sp³-hybridized carbons (Fsp3) is 0.136. The summed E-state index contributed by atoms with van der Waals surface area (Å²) in [5.74, 6) is 1.08. The molecule has 4 rings (SSSR count). The lowest BCUT2D eigenvalue weighted by molar-refractivity contribution is -0.388. The summed E-state index contributed by atoms with van der Waals surface area (Å²) in [6.45, 7) is 2.36. The Kier molecular flexibility index (Phi) is 6.50. The monoisotopic (exact) mass is 487 g/mol.